The van der Waals surface area contributed by atoms with E-state index in [0.717, 1.165) is 30.1 Å². The highest BCUT2D eigenvalue weighted by molar-refractivity contribution is 7.19. The van der Waals surface area contributed by atoms with Gasteiger partial charge in [-0.1, -0.05) is 36.7 Å². The summed E-state index contributed by atoms with van der Waals surface area (Å²) in [6, 6.07) is 8.26. The highest BCUT2D eigenvalue weighted by Crippen LogP contribution is 2.34. The molecule has 0 bridgehead atoms. The fourth-order valence-corrected chi connectivity index (χ4v) is 3.42. The van der Waals surface area contributed by atoms with Crippen molar-refractivity contribution in [3.63, 3.8) is 0 Å². The van der Waals surface area contributed by atoms with Gasteiger partial charge >= 0.3 is 0 Å². The maximum absolute atomic E-state index is 6.38. The molecule has 0 aliphatic carbocycles. The molecule has 2 aromatic rings. The molecule has 0 spiro atoms. The van der Waals surface area contributed by atoms with Crippen LogP contribution in [0.25, 0.3) is 10.1 Å². The van der Waals surface area contributed by atoms with E-state index < -0.39 is 0 Å². The molecule has 2 nitrogen and oxygen atoms in total. The highest BCUT2D eigenvalue weighted by Gasteiger charge is 2.09. The molecule has 0 saturated heterocycles. The van der Waals surface area contributed by atoms with Crippen molar-refractivity contribution in [1.82, 2.24) is 5.32 Å². The normalized spacial score (nSPS) is 13.1. The van der Waals surface area contributed by atoms with E-state index in [-0.39, 0.29) is 0 Å². The number of benzene rings is 1. The third-order valence-electron chi connectivity index (χ3n) is 2.83. The van der Waals surface area contributed by atoms with E-state index in [1.54, 1.807) is 18.4 Å². The second kappa shape index (κ2) is 6.53. The van der Waals surface area contributed by atoms with E-state index >= 15 is 0 Å². The third kappa shape index (κ3) is 3.23. The minimum absolute atomic E-state index is 0.517. The lowest BCUT2D eigenvalue weighted by atomic mass is 10.2. The summed E-state index contributed by atoms with van der Waals surface area (Å²) >= 11 is 8.14. The van der Waals surface area contributed by atoms with Gasteiger partial charge in [0.15, 0.2) is 0 Å². The fourth-order valence-electron chi connectivity index (χ4n) is 1.95. The summed E-state index contributed by atoms with van der Waals surface area (Å²) in [5, 5.41) is 5.48. The second-order valence-corrected chi connectivity index (χ2v) is 6.04. The summed E-state index contributed by atoms with van der Waals surface area (Å²) in [4.78, 5) is 1.21. The van der Waals surface area contributed by atoms with Gasteiger partial charge in [0, 0.05) is 41.8 Å². The maximum Gasteiger partial charge on any atom is 0.0636 e. The van der Waals surface area contributed by atoms with Crippen molar-refractivity contribution < 1.29 is 4.74 Å². The van der Waals surface area contributed by atoms with E-state index in [0.29, 0.717) is 5.92 Å². The number of ether oxygens (including phenoxy) is 1. The first kappa shape index (κ1) is 13.8. The number of fused-ring (bicyclic) bond motifs is 1. The molecule has 0 aliphatic rings. The van der Waals surface area contributed by atoms with Crippen molar-refractivity contribution in [3.8, 4) is 0 Å². The molecule has 2 rings (SSSR count). The zero-order valence-corrected chi connectivity index (χ0v) is 12.3. The molecule has 0 saturated carbocycles. The summed E-state index contributed by atoms with van der Waals surface area (Å²) in [5.74, 6) is 0.517. The van der Waals surface area contributed by atoms with Crippen LogP contribution in [0.15, 0.2) is 24.3 Å². The molecule has 1 atom stereocenters. The Kier molecular flexibility index (Phi) is 5.01. The van der Waals surface area contributed by atoms with Crippen LogP contribution >= 0.6 is 22.9 Å². The molecule has 1 aromatic carbocycles. The Labute approximate surface area is 117 Å². The van der Waals surface area contributed by atoms with Gasteiger partial charge in [-0.25, -0.2) is 0 Å². The Morgan fingerprint density at radius 2 is 2.17 bits per heavy atom. The van der Waals surface area contributed by atoms with Gasteiger partial charge in [0.05, 0.1) is 5.02 Å². The summed E-state index contributed by atoms with van der Waals surface area (Å²) in [5.41, 5.74) is 0. The standard InChI is InChI=1S/C14H18ClNOS/c1-10(9-17-2)7-16-8-13-14(15)11-5-3-4-6-12(11)18-13/h3-6,10,16H,7-9H2,1-2H3. The summed E-state index contributed by atoms with van der Waals surface area (Å²) in [7, 11) is 1.74. The minimum atomic E-state index is 0.517. The van der Waals surface area contributed by atoms with Crippen molar-refractivity contribution in [2.75, 3.05) is 20.3 Å². The van der Waals surface area contributed by atoms with Gasteiger partial charge in [-0.3, -0.25) is 0 Å². The van der Waals surface area contributed by atoms with Crippen molar-refractivity contribution in [1.29, 1.82) is 0 Å². The van der Waals surface area contributed by atoms with Gasteiger partial charge in [0.1, 0.15) is 0 Å². The number of thiophene rings is 1. The van der Waals surface area contributed by atoms with E-state index in [2.05, 4.69) is 24.4 Å². The predicted octanol–water partition coefficient (Wildman–Crippen LogP) is 3.93. The smallest absolute Gasteiger partial charge is 0.0636 e. The van der Waals surface area contributed by atoms with Crippen LogP contribution in [-0.4, -0.2) is 20.3 Å². The number of hydrogen-bond donors (Lipinski definition) is 1. The van der Waals surface area contributed by atoms with Gasteiger partial charge in [-0.2, -0.15) is 0 Å². The summed E-state index contributed by atoms with van der Waals surface area (Å²) < 4.78 is 6.37. The molecule has 1 heterocycles. The molecule has 1 N–H and O–H groups in total. The molecular formula is C14H18ClNOS. The average molecular weight is 284 g/mol. The first-order valence-corrected chi connectivity index (χ1v) is 7.27. The van der Waals surface area contributed by atoms with Crippen LogP contribution in [0.5, 0.6) is 0 Å². The minimum Gasteiger partial charge on any atom is -0.384 e. The van der Waals surface area contributed by atoms with Crippen molar-refractivity contribution in [2.45, 2.75) is 13.5 Å². The van der Waals surface area contributed by atoms with Gasteiger partial charge < -0.3 is 10.1 Å². The van der Waals surface area contributed by atoms with Gasteiger partial charge in [0.2, 0.25) is 0 Å². The van der Waals surface area contributed by atoms with Crippen LogP contribution in [0.2, 0.25) is 5.02 Å². The Morgan fingerprint density at radius 1 is 1.39 bits per heavy atom. The monoisotopic (exact) mass is 283 g/mol. The van der Waals surface area contributed by atoms with Crippen LogP contribution in [-0.2, 0) is 11.3 Å². The van der Waals surface area contributed by atoms with Crippen LogP contribution in [0.3, 0.4) is 0 Å². The molecule has 0 fully saturated rings. The number of methoxy groups -OCH3 is 1. The molecule has 0 amide bonds. The van der Waals surface area contributed by atoms with Crippen LogP contribution in [0.4, 0.5) is 0 Å². The molecule has 0 radical (unpaired) electrons. The zero-order valence-electron chi connectivity index (χ0n) is 10.7. The molecular weight excluding hydrogens is 266 g/mol. The topological polar surface area (TPSA) is 21.3 Å². The maximum atomic E-state index is 6.38. The first-order chi connectivity index (χ1) is 8.72. The number of rotatable bonds is 6. The molecule has 1 aromatic heterocycles. The van der Waals surface area contributed by atoms with E-state index in [4.69, 9.17) is 16.3 Å². The molecule has 18 heavy (non-hydrogen) atoms. The van der Waals surface area contributed by atoms with Crippen molar-refractivity contribution >= 4 is 33.0 Å². The van der Waals surface area contributed by atoms with Crippen LogP contribution in [0, 0.1) is 5.92 Å². The largest absolute Gasteiger partial charge is 0.384 e. The SMILES string of the molecule is COCC(C)CNCc1sc2ccccc2c1Cl. The molecule has 0 aliphatic heterocycles. The Bertz CT molecular complexity index is 511. The summed E-state index contributed by atoms with van der Waals surface area (Å²) in [6.45, 7) is 4.72. The quantitative estimate of drug-likeness (QED) is 0.867. The molecule has 4 heteroatoms. The second-order valence-electron chi connectivity index (χ2n) is 4.53. The lowest BCUT2D eigenvalue weighted by Gasteiger charge is -2.10. The first-order valence-electron chi connectivity index (χ1n) is 6.08. The number of hydrogen-bond acceptors (Lipinski definition) is 3. The number of halogens is 1. The molecule has 1 unspecified atom stereocenters. The number of nitrogens with one attached hydrogen (secondary N) is 1. The predicted molar refractivity (Wildman–Crippen MR) is 79.6 cm³/mol. The van der Waals surface area contributed by atoms with Crippen molar-refractivity contribution in [2.24, 2.45) is 5.92 Å². The van der Waals surface area contributed by atoms with Crippen LogP contribution in [0.1, 0.15) is 11.8 Å². The lowest BCUT2D eigenvalue weighted by molar-refractivity contribution is 0.158. The van der Waals surface area contributed by atoms with Gasteiger partial charge in [-0.15, -0.1) is 11.3 Å². The summed E-state index contributed by atoms with van der Waals surface area (Å²) in [6.07, 6.45) is 0. The Balaban J connectivity index is 1.97. The third-order valence-corrected chi connectivity index (χ3v) is 4.55. The zero-order chi connectivity index (χ0) is 13.0. The van der Waals surface area contributed by atoms with Crippen molar-refractivity contribution in [3.05, 3.63) is 34.2 Å². The Morgan fingerprint density at radius 3 is 2.89 bits per heavy atom. The van der Waals surface area contributed by atoms with Gasteiger partial charge in [0.25, 0.3) is 0 Å². The van der Waals surface area contributed by atoms with Gasteiger partial charge in [-0.05, 0) is 12.0 Å². The Hall–Kier alpha value is -0.610. The highest BCUT2D eigenvalue weighted by atomic mass is 35.5. The lowest BCUT2D eigenvalue weighted by Crippen LogP contribution is -2.23. The molecule has 98 valence electrons. The van der Waals surface area contributed by atoms with E-state index in [9.17, 15) is 0 Å². The van der Waals surface area contributed by atoms with Crippen LogP contribution < -0.4 is 5.32 Å². The average Bonchev–Trinajstić information content (AvgIpc) is 2.68. The fraction of sp³-hybridized carbons (Fsp3) is 0.429. The van der Waals surface area contributed by atoms with E-state index in [1.165, 1.54) is 9.58 Å². The van der Waals surface area contributed by atoms with E-state index in [1.807, 2.05) is 12.1 Å².